The van der Waals surface area contributed by atoms with E-state index in [4.69, 9.17) is 19.2 Å². The summed E-state index contributed by atoms with van der Waals surface area (Å²) in [6.07, 6.45) is 7.38. The number of ether oxygens (including phenoxy) is 3. The molecule has 3 aliphatic heterocycles. The standard InChI is InChI=1S/C41H51N7O6.3H2S/c1-41(2,3)54-40(51)48-22-9-11-33(48)36-42-24-31(43-36)28-17-13-26(14-18-28)27-15-19-29(20-16-27)35-32-25-53-23-7-5-6-10-30(45-39(50)52-4)38(49)47-21-8-12-34(47)37(44-32)46-35;;;/h13-20,24,30,33-34H,5-12,21-23,25H2,1-4H3,(H,42,43)(H,44,46)(H,45,50);3*1H2/t30-,33-,34-;;;/m0.../s1. The van der Waals surface area contributed by atoms with Crippen molar-refractivity contribution in [2.45, 2.75) is 102 Å². The Morgan fingerprint density at radius 2 is 1.46 bits per heavy atom. The second kappa shape index (κ2) is 20.0. The minimum Gasteiger partial charge on any atom is -0.453 e. The number of nitrogens with one attached hydrogen (secondary N) is 3. The highest BCUT2D eigenvalue weighted by Crippen LogP contribution is 2.36. The van der Waals surface area contributed by atoms with Gasteiger partial charge in [0.2, 0.25) is 5.91 Å². The molecule has 2 aromatic carbocycles. The Balaban J connectivity index is 0.00000240. The zero-order chi connectivity index (χ0) is 37.8. The highest BCUT2D eigenvalue weighted by molar-refractivity contribution is 7.59. The minimum atomic E-state index is -0.650. The van der Waals surface area contributed by atoms with Crippen molar-refractivity contribution in [1.82, 2.24) is 35.1 Å². The van der Waals surface area contributed by atoms with Crippen LogP contribution < -0.4 is 5.32 Å². The number of benzene rings is 2. The molecule has 7 rings (SSSR count). The van der Waals surface area contributed by atoms with Crippen molar-refractivity contribution >= 4 is 58.6 Å². The zero-order valence-electron chi connectivity index (χ0n) is 33.2. The Morgan fingerprint density at radius 1 is 0.807 bits per heavy atom. The van der Waals surface area contributed by atoms with Gasteiger partial charge >= 0.3 is 12.2 Å². The van der Waals surface area contributed by atoms with Crippen LogP contribution in [0, 0.1) is 0 Å². The summed E-state index contributed by atoms with van der Waals surface area (Å²) in [5.41, 5.74) is 6.14. The van der Waals surface area contributed by atoms with Gasteiger partial charge in [-0.05, 0) is 76.0 Å². The van der Waals surface area contributed by atoms with Gasteiger partial charge in [0.05, 0.1) is 49.1 Å². The molecule has 3 aliphatic rings. The Hall–Kier alpha value is -4.12. The third-order valence-corrected chi connectivity index (χ3v) is 10.4. The minimum absolute atomic E-state index is 0. The second-order valence-corrected chi connectivity index (χ2v) is 15.4. The van der Waals surface area contributed by atoms with E-state index in [-0.39, 0.29) is 64.6 Å². The summed E-state index contributed by atoms with van der Waals surface area (Å²) in [4.78, 5) is 59.1. The fourth-order valence-corrected chi connectivity index (χ4v) is 7.71. The first kappa shape index (κ1) is 45.6. The summed E-state index contributed by atoms with van der Waals surface area (Å²) in [5, 5.41) is 2.77. The molecule has 0 aliphatic carbocycles. The van der Waals surface area contributed by atoms with Gasteiger partial charge in [-0.25, -0.2) is 19.6 Å². The summed E-state index contributed by atoms with van der Waals surface area (Å²) in [6.45, 7) is 7.88. The van der Waals surface area contributed by atoms with Crippen molar-refractivity contribution in [3.63, 3.8) is 0 Å². The third kappa shape index (κ3) is 10.7. The van der Waals surface area contributed by atoms with Gasteiger partial charge in [-0.1, -0.05) is 61.4 Å². The van der Waals surface area contributed by atoms with Crippen LogP contribution in [0.3, 0.4) is 0 Å². The van der Waals surface area contributed by atoms with Gasteiger partial charge in [-0.2, -0.15) is 40.5 Å². The molecule has 3 N–H and O–H groups in total. The predicted molar refractivity (Wildman–Crippen MR) is 234 cm³/mol. The SMILES string of the molecule is COC(=O)N[C@H]1CCCCCOCc2[nH]c(nc2-c2ccc(-c3ccc(-c4cnc([C@@H]5CCCN5C(=O)OC(C)(C)C)[nH]4)cc3)cc2)[C@@H]2CCCN2C1=O.S.S.S. The van der Waals surface area contributed by atoms with Crippen molar-refractivity contribution in [2.75, 3.05) is 26.8 Å². The first-order chi connectivity index (χ1) is 26.1. The molecule has 16 heteroatoms. The van der Waals surface area contributed by atoms with Crippen molar-refractivity contribution in [2.24, 2.45) is 0 Å². The molecule has 3 atom stereocenters. The number of methoxy groups -OCH3 is 1. The van der Waals surface area contributed by atoms with E-state index in [1.54, 1.807) is 4.90 Å². The van der Waals surface area contributed by atoms with Crippen molar-refractivity contribution in [3.05, 3.63) is 72.1 Å². The number of hydrogen-bond acceptors (Lipinski definition) is 8. The first-order valence-electron chi connectivity index (χ1n) is 19.1. The van der Waals surface area contributed by atoms with E-state index in [0.29, 0.717) is 32.7 Å². The van der Waals surface area contributed by atoms with Gasteiger partial charge < -0.3 is 34.4 Å². The Kier molecular flexibility index (Phi) is 16.0. The molecule has 310 valence electrons. The van der Waals surface area contributed by atoms with Crippen molar-refractivity contribution in [1.29, 1.82) is 0 Å². The number of carbonyl (C=O) groups excluding carboxylic acids is 3. The number of fused-ring (bicyclic) bond motifs is 4. The highest BCUT2D eigenvalue weighted by atomic mass is 32.1. The Bertz CT molecular complexity index is 1950. The topological polar surface area (TPSA) is 155 Å². The number of amides is 3. The quantitative estimate of drug-likeness (QED) is 0.183. The molecule has 4 aromatic rings. The lowest BCUT2D eigenvalue weighted by Crippen LogP contribution is -2.48. The summed E-state index contributed by atoms with van der Waals surface area (Å²) in [5.74, 6) is 1.40. The lowest BCUT2D eigenvalue weighted by atomic mass is 10.0. The van der Waals surface area contributed by atoms with E-state index in [2.05, 4.69) is 68.8 Å². The number of H-pyrrole nitrogens is 2. The highest BCUT2D eigenvalue weighted by Gasteiger charge is 2.37. The van der Waals surface area contributed by atoms with Gasteiger partial charge in [-0.15, -0.1) is 0 Å². The Labute approximate surface area is 355 Å². The van der Waals surface area contributed by atoms with Crippen LogP contribution in [0.1, 0.15) is 102 Å². The van der Waals surface area contributed by atoms with E-state index >= 15 is 0 Å². The molecular formula is C41H57N7O6S3. The molecule has 2 fully saturated rings. The van der Waals surface area contributed by atoms with E-state index in [0.717, 1.165) is 95.9 Å². The van der Waals surface area contributed by atoms with Crippen LogP contribution in [0.5, 0.6) is 0 Å². The molecule has 0 spiro atoms. The molecular weight excluding hydrogens is 783 g/mol. The van der Waals surface area contributed by atoms with Crippen LogP contribution in [0.2, 0.25) is 0 Å². The number of aromatic nitrogens is 4. The van der Waals surface area contributed by atoms with Crippen molar-refractivity contribution in [3.8, 4) is 33.6 Å². The maximum Gasteiger partial charge on any atom is 0.410 e. The second-order valence-electron chi connectivity index (χ2n) is 15.4. The molecule has 13 nitrogen and oxygen atoms in total. The third-order valence-electron chi connectivity index (χ3n) is 10.4. The molecule has 2 saturated heterocycles. The van der Waals surface area contributed by atoms with Gasteiger partial charge in [0.25, 0.3) is 0 Å². The number of aromatic amines is 2. The average Bonchev–Trinajstić information content (AvgIpc) is 3.99. The largest absolute Gasteiger partial charge is 0.453 e. The first-order valence-corrected chi connectivity index (χ1v) is 19.1. The molecule has 3 amide bonds. The lowest BCUT2D eigenvalue weighted by molar-refractivity contribution is -0.134. The molecule has 0 unspecified atom stereocenters. The lowest BCUT2D eigenvalue weighted by Gasteiger charge is -2.28. The summed E-state index contributed by atoms with van der Waals surface area (Å²) in [6, 6.07) is 15.7. The Morgan fingerprint density at radius 3 is 2.14 bits per heavy atom. The summed E-state index contributed by atoms with van der Waals surface area (Å²) < 4.78 is 16.6. The van der Waals surface area contributed by atoms with Gasteiger partial charge in [0.15, 0.2) is 0 Å². The van der Waals surface area contributed by atoms with E-state index in [1.807, 2.05) is 31.9 Å². The van der Waals surface area contributed by atoms with Crippen LogP contribution in [0.4, 0.5) is 9.59 Å². The number of imidazole rings is 2. The molecule has 5 heterocycles. The number of alkyl carbamates (subject to hydrolysis) is 1. The summed E-state index contributed by atoms with van der Waals surface area (Å²) in [7, 11) is 1.31. The fourth-order valence-electron chi connectivity index (χ4n) is 7.71. The van der Waals surface area contributed by atoms with Crippen LogP contribution in [-0.2, 0) is 25.6 Å². The summed E-state index contributed by atoms with van der Waals surface area (Å²) >= 11 is 0. The molecule has 2 bridgehead atoms. The molecule has 0 radical (unpaired) electrons. The smallest absolute Gasteiger partial charge is 0.410 e. The van der Waals surface area contributed by atoms with Gasteiger partial charge in [-0.3, -0.25) is 9.69 Å². The number of hydrogen-bond donors (Lipinski definition) is 3. The number of rotatable bonds is 5. The average molecular weight is 840 g/mol. The number of likely N-dealkylation sites (tertiary alicyclic amines) is 1. The molecule has 57 heavy (non-hydrogen) atoms. The monoisotopic (exact) mass is 839 g/mol. The van der Waals surface area contributed by atoms with Crippen molar-refractivity contribution < 1.29 is 28.6 Å². The maximum absolute atomic E-state index is 13.8. The molecule has 2 aromatic heterocycles. The zero-order valence-corrected chi connectivity index (χ0v) is 36.2. The number of carbonyl (C=O) groups is 3. The molecule has 0 saturated carbocycles. The predicted octanol–water partition coefficient (Wildman–Crippen LogP) is 8.02. The normalized spacial score (nSPS) is 19.9. The van der Waals surface area contributed by atoms with E-state index < -0.39 is 17.7 Å². The van der Waals surface area contributed by atoms with Crippen LogP contribution >= 0.6 is 40.5 Å². The van der Waals surface area contributed by atoms with E-state index in [9.17, 15) is 14.4 Å². The van der Waals surface area contributed by atoms with Gasteiger partial charge in [0, 0.05) is 25.3 Å². The van der Waals surface area contributed by atoms with Crippen LogP contribution in [0.15, 0.2) is 54.7 Å². The van der Waals surface area contributed by atoms with Gasteiger partial charge in [0.1, 0.15) is 23.3 Å². The van der Waals surface area contributed by atoms with Crippen LogP contribution in [0.25, 0.3) is 33.6 Å². The van der Waals surface area contributed by atoms with E-state index in [1.165, 1.54) is 7.11 Å². The van der Waals surface area contributed by atoms with Crippen LogP contribution in [-0.4, -0.2) is 86.3 Å². The number of nitrogens with zero attached hydrogens (tertiary/aromatic N) is 4. The fraction of sp³-hybridized carbons (Fsp3) is 0.488. The maximum atomic E-state index is 13.8.